The van der Waals surface area contributed by atoms with E-state index < -0.39 is 0 Å². The monoisotopic (exact) mass is 257 g/mol. The van der Waals surface area contributed by atoms with Gasteiger partial charge in [0.25, 0.3) is 5.91 Å². The van der Waals surface area contributed by atoms with Gasteiger partial charge in [0.05, 0.1) is 12.2 Å². The SMILES string of the molecule is C#CCN1C(=O)/C(=C/c2ccccn2)N=C1SC. The Hall–Kier alpha value is -2.06. The number of rotatable bonds is 2. The minimum absolute atomic E-state index is 0.178. The Labute approximate surface area is 110 Å². The van der Waals surface area contributed by atoms with Crippen molar-refractivity contribution >= 4 is 28.9 Å². The van der Waals surface area contributed by atoms with E-state index in [2.05, 4.69) is 15.9 Å². The Balaban J connectivity index is 2.32. The minimum atomic E-state index is -0.178. The maximum absolute atomic E-state index is 12.1. The molecule has 0 atom stereocenters. The van der Waals surface area contributed by atoms with Crippen LogP contribution in [0.5, 0.6) is 0 Å². The number of hydrogen-bond donors (Lipinski definition) is 0. The molecule has 0 N–H and O–H groups in total. The number of amidine groups is 1. The smallest absolute Gasteiger partial charge is 0.274 e. The van der Waals surface area contributed by atoms with Gasteiger partial charge in [-0.05, 0) is 24.5 Å². The molecule has 0 spiro atoms. The van der Waals surface area contributed by atoms with E-state index in [1.165, 1.54) is 16.7 Å². The molecule has 0 aromatic carbocycles. The molecule has 0 radical (unpaired) electrons. The number of terminal acetylenes is 1. The number of aliphatic imine (C=N–C) groups is 1. The quantitative estimate of drug-likeness (QED) is 0.597. The van der Waals surface area contributed by atoms with Crippen LogP contribution in [0.2, 0.25) is 0 Å². The zero-order chi connectivity index (χ0) is 13.0. The van der Waals surface area contributed by atoms with Gasteiger partial charge in [-0.3, -0.25) is 14.7 Å². The van der Waals surface area contributed by atoms with Gasteiger partial charge < -0.3 is 0 Å². The summed E-state index contributed by atoms with van der Waals surface area (Å²) in [5, 5.41) is 0.625. The molecule has 1 amide bonds. The van der Waals surface area contributed by atoms with Crippen molar-refractivity contribution in [3.05, 3.63) is 35.8 Å². The lowest BCUT2D eigenvalue weighted by molar-refractivity contribution is -0.122. The van der Waals surface area contributed by atoms with Gasteiger partial charge in [-0.1, -0.05) is 23.7 Å². The van der Waals surface area contributed by atoms with E-state index in [1.807, 2.05) is 24.5 Å². The number of nitrogens with zero attached hydrogens (tertiary/aromatic N) is 3. The summed E-state index contributed by atoms with van der Waals surface area (Å²) in [6, 6.07) is 5.50. The Morgan fingerprint density at radius 1 is 1.56 bits per heavy atom. The number of carbonyl (C=O) groups is 1. The van der Waals surface area contributed by atoms with Gasteiger partial charge in [0.1, 0.15) is 5.70 Å². The van der Waals surface area contributed by atoms with Gasteiger partial charge in [-0.15, -0.1) is 6.42 Å². The van der Waals surface area contributed by atoms with E-state index in [-0.39, 0.29) is 12.5 Å². The van der Waals surface area contributed by atoms with Crippen molar-refractivity contribution in [2.75, 3.05) is 12.8 Å². The highest BCUT2D eigenvalue weighted by Gasteiger charge is 2.28. The van der Waals surface area contributed by atoms with Crippen LogP contribution in [0.4, 0.5) is 0 Å². The molecule has 0 fully saturated rings. The van der Waals surface area contributed by atoms with Crippen LogP contribution in [0.25, 0.3) is 6.08 Å². The summed E-state index contributed by atoms with van der Waals surface area (Å²) in [5.74, 6) is 2.28. The summed E-state index contributed by atoms with van der Waals surface area (Å²) in [5.41, 5.74) is 1.07. The number of carbonyl (C=O) groups excluding carboxylic acids is 1. The zero-order valence-electron chi connectivity index (χ0n) is 9.83. The third kappa shape index (κ3) is 2.44. The molecule has 1 aliphatic rings. The van der Waals surface area contributed by atoms with Gasteiger partial charge in [0.2, 0.25) is 0 Å². The maximum atomic E-state index is 12.1. The third-order valence-electron chi connectivity index (χ3n) is 2.32. The average molecular weight is 257 g/mol. The molecule has 2 heterocycles. The second-order valence-corrected chi connectivity index (χ2v) is 4.25. The molecule has 2 rings (SSSR count). The summed E-state index contributed by atoms with van der Waals surface area (Å²) < 4.78 is 0. The lowest BCUT2D eigenvalue weighted by Gasteiger charge is -2.12. The normalized spacial score (nSPS) is 16.9. The molecule has 0 unspecified atom stereocenters. The van der Waals surface area contributed by atoms with Crippen molar-refractivity contribution < 1.29 is 4.79 Å². The van der Waals surface area contributed by atoms with Crippen molar-refractivity contribution in [2.24, 2.45) is 4.99 Å². The standard InChI is InChI=1S/C13H11N3OS/c1-3-8-16-12(17)11(15-13(16)18-2)9-10-6-4-5-7-14-10/h1,4-7,9H,8H2,2H3/b11-9-. The van der Waals surface area contributed by atoms with Gasteiger partial charge >= 0.3 is 0 Å². The predicted octanol–water partition coefficient (Wildman–Crippen LogP) is 1.62. The number of amides is 1. The first-order chi connectivity index (χ1) is 8.76. The molecule has 90 valence electrons. The van der Waals surface area contributed by atoms with Gasteiger partial charge in [-0.25, -0.2) is 4.99 Å². The maximum Gasteiger partial charge on any atom is 0.279 e. The molecule has 1 aliphatic heterocycles. The highest BCUT2D eigenvalue weighted by atomic mass is 32.2. The molecular formula is C13H11N3OS. The lowest BCUT2D eigenvalue weighted by atomic mass is 10.3. The fourth-order valence-corrected chi connectivity index (χ4v) is 2.08. The molecule has 1 aromatic rings. The van der Waals surface area contributed by atoms with E-state index in [1.54, 1.807) is 12.3 Å². The molecule has 0 aliphatic carbocycles. The zero-order valence-corrected chi connectivity index (χ0v) is 10.6. The van der Waals surface area contributed by atoms with E-state index in [4.69, 9.17) is 6.42 Å². The topological polar surface area (TPSA) is 45.6 Å². The summed E-state index contributed by atoms with van der Waals surface area (Å²) in [4.78, 5) is 22.0. The van der Waals surface area contributed by atoms with Crippen LogP contribution < -0.4 is 0 Å². The van der Waals surface area contributed by atoms with Gasteiger partial charge in [-0.2, -0.15) is 0 Å². The molecule has 18 heavy (non-hydrogen) atoms. The lowest BCUT2D eigenvalue weighted by Crippen LogP contribution is -2.30. The van der Waals surface area contributed by atoms with Crippen molar-refractivity contribution in [1.29, 1.82) is 0 Å². The van der Waals surface area contributed by atoms with Crippen molar-refractivity contribution in [3.63, 3.8) is 0 Å². The summed E-state index contributed by atoms with van der Waals surface area (Å²) in [6.07, 6.45) is 10.4. The Bertz CT molecular complexity index is 557. The first-order valence-electron chi connectivity index (χ1n) is 5.27. The van der Waals surface area contributed by atoms with Gasteiger partial charge in [0, 0.05) is 6.20 Å². The van der Waals surface area contributed by atoms with Crippen molar-refractivity contribution in [2.45, 2.75) is 0 Å². The highest BCUT2D eigenvalue weighted by molar-refractivity contribution is 8.13. The largest absolute Gasteiger partial charge is 0.279 e. The first-order valence-corrected chi connectivity index (χ1v) is 6.49. The molecular weight excluding hydrogens is 246 g/mol. The Morgan fingerprint density at radius 2 is 2.39 bits per heavy atom. The van der Waals surface area contributed by atoms with E-state index in [9.17, 15) is 4.79 Å². The van der Waals surface area contributed by atoms with E-state index in [0.717, 1.165) is 0 Å². The van der Waals surface area contributed by atoms with E-state index in [0.29, 0.717) is 16.6 Å². The van der Waals surface area contributed by atoms with Crippen LogP contribution >= 0.6 is 11.8 Å². The number of hydrogen-bond acceptors (Lipinski definition) is 4. The summed E-state index contributed by atoms with van der Waals surface area (Å²) in [6.45, 7) is 0.234. The average Bonchev–Trinajstić information content (AvgIpc) is 2.69. The van der Waals surface area contributed by atoms with Crippen LogP contribution in [-0.2, 0) is 4.79 Å². The summed E-state index contributed by atoms with van der Waals surface area (Å²) in [7, 11) is 0. The predicted molar refractivity (Wildman–Crippen MR) is 73.7 cm³/mol. The van der Waals surface area contributed by atoms with Crippen LogP contribution in [0.3, 0.4) is 0 Å². The molecule has 4 nitrogen and oxygen atoms in total. The van der Waals surface area contributed by atoms with Crippen LogP contribution in [0.15, 0.2) is 35.1 Å². The number of aromatic nitrogens is 1. The first kappa shape index (κ1) is 12.4. The third-order valence-corrected chi connectivity index (χ3v) is 2.99. The molecule has 0 bridgehead atoms. The van der Waals surface area contributed by atoms with Crippen molar-refractivity contribution in [3.8, 4) is 12.3 Å². The highest BCUT2D eigenvalue weighted by Crippen LogP contribution is 2.21. The second-order valence-electron chi connectivity index (χ2n) is 3.48. The van der Waals surface area contributed by atoms with Crippen molar-refractivity contribution in [1.82, 2.24) is 9.88 Å². The van der Waals surface area contributed by atoms with Gasteiger partial charge in [0.15, 0.2) is 5.17 Å². The minimum Gasteiger partial charge on any atom is -0.274 e. The van der Waals surface area contributed by atoms with E-state index >= 15 is 0 Å². The molecule has 5 heteroatoms. The molecule has 0 saturated heterocycles. The number of thioether (sulfide) groups is 1. The summed E-state index contributed by atoms with van der Waals surface area (Å²) >= 11 is 1.40. The Morgan fingerprint density at radius 3 is 3.00 bits per heavy atom. The molecule has 0 saturated carbocycles. The second kappa shape index (κ2) is 5.52. The fourth-order valence-electron chi connectivity index (χ4n) is 1.52. The Kier molecular flexibility index (Phi) is 3.80. The fraction of sp³-hybridized carbons (Fsp3) is 0.154. The molecule has 1 aromatic heterocycles. The van der Waals surface area contributed by atoms with Crippen LogP contribution in [-0.4, -0.2) is 33.8 Å². The van der Waals surface area contributed by atoms with Crippen LogP contribution in [0.1, 0.15) is 5.69 Å². The number of pyridine rings is 1. The van der Waals surface area contributed by atoms with Crippen LogP contribution in [0, 0.1) is 12.3 Å².